The fraction of sp³-hybridized carbons (Fsp3) is 0.367. The maximum Gasteiger partial charge on any atom is 0.343 e. The summed E-state index contributed by atoms with van der Waals surface area (Å²) in [6, 6.07) is 7.68. The van der Waals surface area contributed by atoms with Gasteiger partial charge in [-0.3, -0.25) is 4.79 Å². The van der Waals surface area contributed by atoms with Crippen LogP contribution >= 0.6 is 0 Å². The lowest BCUT2D eigenvalue weighted by Crippen LogP contribution is -2.44. The molecule has 0 radical (unpaired) electrons. The highest BCUT2D eigenvalue weighted by molar-refractivity contribution is 5.95. The predicted octanol–water partition coefficient (Wildman–Crippen LogP) is 4.90. The number of aliphatic hydroxyl groups is 1. The van der Waals surface area contributed by atoms with Crippen LogP contribution in [0.2, 0.25) is 0 Å². The van der Waals surface area contributed by atoms with Gasteiger partial charge in [0.25, 0.3) is 5.56 Å². The summed E-state index contributed by atoms with van der Waals surface area (Å²) < 4.78 is 6.81. The molecule has 0 aliphatic carbocycles. The van der Waals surface area contributed by atoms with E-state index in [9.17, 15) is 14.7 Å². The number of nitrogen functional groups attached to an aromatic ring is 1. The summed E-state index contributed by atoms with van der Waals surface area (Å²) in [4.78, 5) is 30.9. The largest absolute Gasteiger partial charge is 0.458 e. The van der Waals surface area contributed by atoms with E-state index >= 15 is 0 Å². The molecule has 192 valence electrons. The molecule has 0 saturated heterocycles. The van der Waals surface area contributed by atoms with Crippen molar-refractivity contribution in [3.63, 3.8) is 0 Å². The zero-order valence-corrected chi connectivity index (χ0v) is 21.9. The monoisotopic (exact) mass is 499 g/mol. The third kappa shape index (κ3) is 4.17. The molecule has 2 aromatic heterocycles. The number of rotatable bonds is 6. The number of carbonyl (C=O) groups excluding carboxylic acids is 1. The van der Waals surface area contributed by atoms with Crippen LogP contribution < -0.4 is 11.3 Å². The zero-order chi connectivity index (χ0) is 26.5. The molecule has 1 atom stereocenters. The second-order valence-electron chi connectivity index (χ2n) is 10.4. The van der Waals surface area contributed by atoms with E-state index in [4.69, 9.17) is 15.5 Å². The van der Waals surface area contributed by atoms with Gasteiger partial charge in [0.15, 0.2) is 5.60 Å². The van der Waals surface area contributed by atoms with Crippen LogP contribution in [0.25, 0.3) is 22.3 Å². The number of hydrogen-bond acceptors (Lipinski definition) is 6. The van der Waals surface area contributed by atoms with E-state index in [0.717, 1.165) is 41.3 Å². The molecular weight excluding hydrogens is 466 g/mol. The Labute approximate surface area is 216 Å². The summed E-state index contributed by atoms with van der Waals surface area (Å²) in [7, 11) is 0. The van der Waals surface area contributed by atoms with E-state index in [1.165, 1.54) is 11.1 Å². The molecule has 3 aromatic rings. The van der Waals surface area contributed by atoms with Gasteiger partial charge in [-0.2, -0.15) is 0 Å². The highest BCUT2D eigenvalue weighted by Crippen LogP contribution is 2.39. The minimum absolute atomic E-state index is 0.111. The quantitative estimate of drug-likeness (QED) is 0.222. The van der Waals surface area contributed by atoms with E-state index < -0.39 is 11.6 Å². The number of pyridine rings is 2. The number of fused-ring (bicyclic) bond motifs is 5. The molecule has 2 aliphatic rings. The van der Waals surface area contributed by atoms with Gasteiger partial charge in [-0.05, 0) is 70.2 Å². The third-order valence-corrected chi connectivity index (χ3v) is 7.56. The molecule has 0 spiro atoms. The van der Waals surface area contributed by atoms with Gasteiger partial charge in [0.2, 0.25) is 0 Å². The summed E-state index contributed by atoms with van der Waals surface area (Å²) in [6.07, 6.45) is 7.34. The molecule has 0 unspecified atom stereocenters. The van der Waals surface area contributed by atoms with Crippen molar-refractivity contribution in [2.45, 2.75) is 72.1 Å². The minimum atomic E-state index is -1.84. The van der Waals surface area contributed by atoms with Crippen molar-refractivity contribution in [1.82, 2.24) is 9.55 Å². The van der Waals surface area contributed by atoms with Crippen molar-refractivity contribution in [1.29, 1.82) is 0 Å². The van der Waals surface area contributed by atoms with Gasteiger partial charge >= 0.3 is 5.97 Å². The second-order valence-corrected chi connectivity index (χ2v) is 10.4. The molecule has 0 fully saturated rings. The summed E-state index contributed by atoms with van der Waals surface area (Å²) in [5.74, 6) is -0.724. The molecule has 0 amide bonds. The fourth-order valence-corrected chi connectivity index (χ4v) is 5.28. The first-order chi connectivity index (χ1) is 17.6. The lowest BCUT2D eigenvalue weighted by Gasteiger charge is -2.31. The van der Waals surface area contributed by atoms with Crippen LogP contribution in [0.1, 0.15) is 69.2 Å². The lowest BCUT2D eigenvalue weighted by atomic mass is 9.86. The van der Waals surface area contributed by atoms with Crippen LogP contribution in [0.5, 0.6) is 0 Å². The summed E-state index contributed by atoms with van der Waals surface area (Å²) in [5.41, 5.74) is 12.2. The van der Waals surface area contributed by atoms with Crippen molar-refractivity contribution in [2.75, 3.05) is 5.73 Å². The Morgan fingerprint density at radius 3 is 2.73 bits per heavy atom. The van der Waals surface area contributed by atoms with Crippen LogP contribution in [0.3, 0.4) is 0 Å². The number of cyclic esters (lactones) is 1. The number of hydrogen-bond donors (Lipinski definition) is 2. The average Bonchev–Trinajstić information content (AvgIpc) is 3.23. The molecule has 37 heavy (non-hydrogen) atoms. The molecule has 7 nitrogen and oxygen atoms in total. The second kappa shape index (κ2) is 9.30. The smallest absolute Gasteiger partial charge is 0.343 e. The van der Waals surface area contributed by atoms with Gasteiger partial charge in [-0.25, -0.2) is 9.78 Å². The van der Waals surface area contributed by atoms with Gasteiger partial charge in [0.1, 0.15) is 6.61 Å². The van der Waals surface area contributed by atoms with Crippen LogP contribution in [0.15, 0.2) is 52.4 Å². The Morgan fingerprint density at radius 2 is 2.00 bits per heavy atom. The molecule has 1 aromatic carbocycles. The normalized spacial score (nSPS) is 18.3. The Hall–Kier alpha value is -3.71. The SMILES string of the molecule is CC[C@@]1(O)C(=O)OCc2c1cc1n(c2=O)Cc2cc3c(N)ccc(C/C=C(\C)CCC=C(C)C)c3nc2-1. The number of ether oxygens (including phenoxy) is 1. The lowest BCUT2D eigenvalue weighted by molar-refractivity contribution is -0.172. The number of benzene rings is 1. The summed E-state index contributed by atoms with van der Waals surface area (Å²) >= 11 is 0. The first-order valence-electron chi connectivity index (χ1n) is 12.8. The van der Waals surface area contributed by atoms with Gasteiger partial charge in [-0.1, -0.05) is 36.3 Å². The van der Waals surface area contributed by atoms with E-state index in [-0.39, 0.29) is 18.6 Å². The van der Waals surface area contributed by atoms with E-state index in [1.54, 1.807) is 17.6 Å². The van der Waals surface area contributed by atoms with E-state index in [0.29, 0.717) is 34.7 Å². The number of aromatic nitrogens is 2. The Kier molecular flexibility index (Phi) is 6.28. The highest BCUT2D eigenvalue weighted by atomic mass is 16.6. The molecule has 0 bridgehead atoms. The predicted molar refractivity (Wildman–Crippen MR) is 145 cm³/mol. The molecule has 7 heteroatoms. The van der Waals surface area contributed by atoms with Crippen molar-refractivity contribution >= 4 is 22.6 Å². The maximum atomic E-state index is 13.4. The average molecular weight is 500 g/mol. The van der Waals surface area contributed by atoms with Crippen molar-refractivity contribution < 1.29 is 14.6 Å². The first kappa shape index (κ1) is 25.0. The van der Waals surface area contributed by atoms with Crippen LogP contribution in [0.4, 0.5) is 5.69 Å². The number of anilines is 1. The van der Waals surface area contributed by atoms with Crippen molar-refractivity contribution in [3.8, 4) is 11.4 Å². The summed E-state index contributed by atoms with van der Waals surface area (Å²) in [5, 5.41) is 12.0. The number of nitrogens with two attached hydrogens (primary N) is 1. The molecule has 2 aliphatic heterocycles. The van der Waals surface area contributed by atoms with Crippen LogP contribution in [-0.2, 0) is 34.7 Å². The van der Waals surface area contributed by atoms with E-state index in [2.05, 4.69) is 32.9 Å². The van der Waals surface area contributed by atoms with Crippen LogP contribution in [-0.4, -0.2) is 20.6 Å². The maximum absolute atomic E-state index is 13.4. The van der Waals surface area contributed by atoms with Gasteiger partial charge in [0, 0.05) is 22.2 Å². The first-order valence-corrected chi connectivity index (χ1v) is 12.8. The van der Waals surface area contributed by atoms with Crippen molar-refractivity contribution in [3.05, 3.63) is 80.2 Å². The van der Waals surface area contributed by atoms with Crippen molar-refractivity contribution in [2.24, 2.45) is 0 Å². The molecule has 4 heterocycles. The standard InChI is InChI=1S/C30H33N3O4/c1-5-30(36)23-14-25-27-20(15-33(25)28(34)22(23)16-37-29(30)35)13-21-24(31)12-11-19(26(21)32-27)10-9-18(4)8-6-7-17(2)3/h7,9,11-14,36H,5-6,8,10,15-16,31H2,1-4H3/b18-9+/t30-/m0/s1. The van der Waals surface area contributed by atoms with Gasteiger partial charge < -0.3 is 20.1 Å². The molecule has 0 saturated carbocycles. The van der Waals surface area contributed by atoms with E-state index in [1.807, 2.05) is 18.2 Å². The minimum Gasteiger partial charge on any atom is -0.458 e. The number of nitrogens with zero attached hydrogens (tertiary/aromatic N) is 2. The number of esters is 1. The summed E-state index contributed by atoms with van der Waals surface area (Å²) in [6.45, 7) is 8.28. The Balaban J connectivity index is 1.60. The number of carbonyl (C=O) groups is 1. The fourth-order valence-electron chi connectivity index (χ4n) is 5.28. The third-order valence-electron chi connectivity index (χ3n) is 7.56. The van der Waals surface area contributed by atoms with Crippen LogP contribution in [0, 0.1) is 0 Å². The Bertz CT molecular complexity index is 1560. The number of allylic oxidation sites excluding steroid dienone is 4. The topological polar surface area (TPSA) is 107 Å². The molecule has 3 N–H and O–H groups in total. The molecule has 5 rings (SSSR count). The highest BCUT2D eigenvalue weighted by Gasteiger charge is 2.45. The zero-order valence-electron chi connectivity index (χ0n) is 21.9. The van der Waals surface area contributed by atoms with Gasteiger partial charge in [0.05, 0.1) is 29.0 Å². The van der Waals surface area contributed by atoms with Gasteiger partial charge in [-0.15, -0.1) is 0 Å². The Morgan fingerprint density at radius 1 is 1.22 bits per heavy atom. The molecular formula is C30H33N3O4.